The van der Waals surface area contributed by atoms with Crippen LogP contribution in [-0.2, 0) is 12.8 Å². The molecule has 0 spiro atoms. The van der Waals surface area contributed by atoms with Gasteiger partial charge in [0.15, 0.2) is 5.78 Å². The van der Waals surface area contributed by atoms with E-state index in [9.17, 15) is 4.79 Å². The third-order valence-corrected chi connectivity index (χ3v) is 3.20. The van der Waals surface area contributed by atoms with Crippen molar-refractivity contribution in [2.75, 3.05) is 0 Å². The molecule has 1 aliphatic carbocycles. The molecule has 0 saturated carbocycles. The second-order valence-electron chi connectivity index (χ2n) is 5.24. The maximum absolute atomic E-state index is 12.0. The Morgan fingerprint density at radius 3 is 2.60 bits per heavy atom. The second kappa shape index (κ2) is 3.22. The van der Waals surface area contributed by atoms with E-state index in [1.165, 1.54) is 0 Å². The molecule has 0 fully saturated rings. The van der Waals surface area contributed by atoms with Crippen molar-refractivity contribution in [2.24, 2.45) is 5.41 Å². The predicted octanol–water partition coefficient (Wildman–Crippen LogP) is 3.31. The molecular weight excluding hydrogens is 188 g/mol. The number of rotatable bonds is 1. The number of carbonyl (C=O) groups excluding carboxylic acids is 1. The van der Waals surface area contributed by atoms with E-state index in [0.29, 0.717) is 6.42 Å². The number of Topliss-reactive ketones (excluding diaryl/α,β-unsaturated/α-hetero) is 1. The van der Waals surface area contributed by atoms with Gasteiger partial charge < -0.3 is 4.42 Å². The van der Waals surface area contributed by atoms with Gasteiger partial charge >= 0.3 is 0 Å². The minimum Gasteiger partial charge on any atom is -0.465 e. The highest BCUT2D eigenvalue weighted by atomic mass is 16.3. The number of carbonyl (C=O) groups is 1. The zero-order valence-electron chi connectivity index (χ0n) is 9.94. The van der Waals surface area contributed by atoms with Crippen molar-refractivity contribution in [3.05, 3.63) is 22.6 Å². The molecule has 0 bridgehead atoms. The number of aryl methyl sites for hydroxylation is 1. The number of hydrogen-bond donors (Lipinski definition) is 0. The average Bonchev–Trinajstić information content (AvgIpc) is 2.40. The third-order valence-electron chi connectivity index (χ3n) is 3.20. The summed E-state index contributed by atoms with van der Waals surface area (Å²) in [5.74, 6) is 2.14. The average molecular weight is 206 g/mol. The van der Waals surface area contributed by atoms with Crippen molar-refractivity contribution in [3.63, 3.8) is 0 Å². The lowest BCUT2D eigenvalue weighted by atomic mass is 9.76. The molecule has 0 radical (unpaired) electrons. The van der Waals surface area contributed by atoms with Crippen LogP contribution >= 0.6 is 0 Å². The van der Waals surface area contributed by atoms with E-state index in [1.807, 2.05) is 6.92 Å². The van der Waals surface area contributed by atoms with Crippen LogP contribution in [0, 0.1) is 12.3 Å². The van der Waals surface area contributed by atoms with Crippen LogP contribution in [0.5, 0.6) is 0 Å². The first-order valence-corrected chi connectivity index (χ1v) is 5.59. The van der Waals surface area contributed by atoms with Crippen molar-refractivity contribution in [1.29, 1.82) is 0 Å². The number of ketones is 1. The van der Waals surface area contributed by atoms with E-state index in [4.69, 9.17) is 4.42 Å². The van der Waals surface area contributed by atoms with Gasteiger partial charge in [0.05, 0.1) is 5.56 Å². The summed E-state index contributed by atoms with van der Waals surface area (Å²) >= 11 is 0. The fraction of sp³-hybridized carbons (Fsp3) is 0.615. The lowest BCUT2D eigenvalue weighted by Crippen LogP contribution is -2.26. The minimum absolute atomic E-state index is 0.0549. The van der Waals surface area contributed by atoms with Gasteiger partial charge in [-0.3, -0.25) is 4.79 Å². The van der Waals surface area contributed by atoms with Crippen molar-refractivity contribution in [3.8, 4) is 0 Å². The van der Waals surface area contributed by atoms with Crippen LogP contribution in [0.25, 0.3) is 0 Å². The summed E-state index contributed by atoms with van der Waals surface area (Å²) in [6.45, 7) is 8.30. The Kier molecular flexibility index (Phi) is 2.25. The molecule has 1 heterocycles. The summed E-state index contributed by atoms with van der Waals surface area (Å²) in [6.07, 6.45) is 2.39. The van der Waals surface area contributed by atoms with Gasteiger partial charge in [0.25, 0.3) is 0 Å². The van der Waals surface area contributed by atoms with E-state index < -0.39 is 0 Å². The first-order chi connectivity index (χ1) is 6.94. The Bertz CT molecular complexity index is 410. The Morgan fingerprint density at radius 2 is 2.00 bits per heavy atom. The molecule has 0 N–H and O–H groups in total. The zero-order chi connectivity index (χ0) is 11.2. The lowest BCUT2D eigenvalue weighted by molar-refractivity contribution is 0.0903. The van der Waals surface area contributed by atoms with Crippen molar-refractivity contribution < 1.29 is 9.21 Å². The number of fused-ring (bicyclic) bond motifs is 1. The van der Waals surface area contributed by atoms with Gasteiger partial charge in [-0.2, -0.15) is 0 Å². The molecule has 1 aromatic heterocycles. The molecule has 1 aromatic rings. The first-order valence-electron chi connectivity index (χ1n) is 5.59. The van der Waals surface area contributed by atoms with Crippen LogP contribution < -0.4 is 0 Å². The highest BCUT2D eigenvalue weighted by molar-refractivity contribution is 6.00. The standard InChI is InChI=1S/C13H18O2/c1-5-10-8(2)12-9(14)6-13(3,4)7-11(12)15-10/h5-7H2,1-4H3. The monoisotopic (exact) mass is 206 g/mol. The molecule has 0 aromatic carbocycles. The normalized spacial score (nSPS) is 19.1. The molecule has 82 valence electrons. The van der Waals surface area contributed by atoms with Gasteiger partial charge in [0.2, 0.25) is 0 Å². The molecule has 2 heteroatoms. The summed E-state index contributed by atoms with van der Waals surface area (Å²) in [4.78, 5) is 12.0. The van der Waals surface area contributed by atoms with Gasteiger partial charge in [-0.25, -0.2) is 0 Å². The smallest absolute Gasteiger partial charge is 0.167 e. The molecule has 2 nitrogen and oxygen atoms in total. The van der Waals surface area contributed by atoms with Gasteiger partial charge in [-0.05, 0) is 12.3 Å². The third kappa shape index (κ3) is 1.62. The van der Waals surface area contributed by atoms with Gasteiger partial charge in [0.1, 0.15) is 11.5 Å². The molecule has 15 heavy (non-hydrogen) atoms. The maximum atomic E-state index is 12.0. The van der Waals surface area contributed by atoms with E-state index in [-0.39, 0.29) is 11.2 Å². The van der Waals surface area contributed by atoms with Gasteiger partial charge in [-0.1, -0.05) is 20.8 Å². The summed E-state index contributed by atoms with van der Waals surface area (Å²) in [5.41, 5.74) is 1.98. The molecule has 1 aliphatic rings. The maximum Gasteiger partial charge on any atom is 0.167 e. The molecule has 0 unspecified atom stereocenters. The zero-order valence-corrected chi connectivity index (χ0v) is 9.94. The number of furan rings is 1. The highest BCUT2D eigenvalue weighted by Crippen LogP contribution is 2.38. The molecule has 2 rings (SSSR count). The van der Waals surface area contributed by atoms with Gasteiger partial charge in [0, 0.05) is 24.8 Å². The Morgan fingerprint density at radius 1 is 1.33 bits per heavy atom. The van der Waals surface area contributed by atoms with Crippen LogP contribution in [0.3, 0.4) is 0 Å². The Labute approximate surface area is 90.7 Å². The van der Waals surface area contributed by atoms with Crippen LogP contribution in [-0.4, -0.2) is 5.78 Å². The summed E-state index contributed by atoms with van der Waals surface area (Å²) in [6, 6.07) is 0. The molecular formula is C13H18O2. The van der Waals surface area contributed by atoms with Crippen molar-refractivity contribution in [1.82, 2.24) is 0 Å². The van der Waals surface area contributed by atoms with Crippen LogP contribution in [0.4, 0.5) is 0 Å². The molecule has 0 aliphatic heterocycles. The first kappa shape index (κ1) is 10.5. The largest absolute Gasteiger partial charge is 0.465 e. The molecule has 0 saturated heterocycles. The van der Waals surface area contributed by atoms with Crippen LogP contribution in [0.15, 0.2) is 4.42 Å². The highest BCUT2D eigenvalue weighted by Gasteiger charge is 2.35. The summed E-state index contributed by atoms with van der Waals surface area (Å²) in [7, 11) is 0. The van der Waals surface area contributed by atoms with Crippen molar-refractivity contribution >= 4 is 5.78 Å². The summed E-state index contributed by atoms with van der Waals surface area (Å²) in [5, 5.41) is 0. The Balaban J connectivity index is 2.53. The predicted molar refractivity (Wildman–Crippen MR) is 59.3 cm³/mol. The molecule has 0 amide bonds. The molecule has 0 atom stereocenters. The lowest BCUT2D eigenvalue weighted by Gasteiger charge is -2.27. The van der Waals surface area contributed by atoms with Gasteiger partial charge in [-0.15, -0.1) is 0 Å². The minimum atomic E-state index is 0.0549. The van der Waals surface area contributed by atoms with Crippen LogP contribution in [0.1, 0.15) is 54.6 Å². The van der Waals surface area contributed by atoms with E-state index >= 15 is 0 Å². The van der Waals surface area contributed by atoms with E-state index in [0.717, 1.165) is 35.5 Å². The SMILES string of the molecule is CCc1oc2c(c1C)C(=O)CC(C)(C)C2. The van der Waals surface area contributed by atoms with Crippen molar-refractivity contribution in [2.45, 2.75) is 47.0 Å². The quantitative estimate of drug-likeness (QED) is 0.705. The summed E-state index contributed by atoms with van der Waals surface area (Å²) < 4.78 is 5.77. The van der Waals surface area contributed by atoms with E-state index in [1.54, 1.807) is 0 Å². The second-order valence-corrected chi connectivity index (χ2v) is 5.24. The Hall–Kier alpha value is -1.05. The fourth-order valence-corrected chi connectivity index (χ4v) is 2.47. The van der Waals surface area contributed by atoms with Crippen LogP contribution in [0.2, 0.25) is 0 Å². The fourth-order valence-electron chi connectivity index (χ4n) is 2.47. The van der Waals surface area contributed by atoms with E-state index in [2.05, 4.69) is 20.8 Å². The topological polar surface area (TPSA) is 30.2 Å². The number of hydrogen-bond acceptors (Lipinski definition) is 2.